The molecule has 0 saturated carbocycles. The van der Waals surface area contributed by atoms with E-state index in [9.17, 15) is 4.39 Å². The van der Waals surface area contributed by atoms with E-state index in [1.54, 1.807) is 12.3 Å². The molecule has 1 aliphatic rings. The van der Waals surface area contributed by atoms with Gasteiger partial charge in [-0.1, -0.05) is 29.8 Å². The highest BCUT2D eigenvalue weighted by molar-refractivity contribution is 6.31. The summed E-state index contributed by atoms with van der Waals surface area (Å²) in [6.07, 6.45) is 2.60. The Balaban J connectivity index is 1.65. The molecule has 3 aromatic rings. The molecule has 0 spiro atoms. The summed E-state index contributed by atoms with van der Waals surface area (Å²) in [7, 11) is 0. The number of rotatable bonds is 3. The number of fused-ring (bicyclic) bond motifs is 1. The molecule has 0 amide bonds. The zero-order chi connectivity index (χ0) is 17.4. The van der Waals surface area contributed by atoms with Gasteiger partial charge in [-0.2, -0.15) is 10.1 Å². The Kier molecular flexibility index (Phi) is 3.97. The topological polar surface area (TPSA) is 53.9 Å². The van der Waals surface area contributed by atoms with Crippen molar-refractivity contribution in [1.29, 1.82) is 0 Å². The molecule has 1 aromatic heterocycles. The van der Waals surface area contributed by atoms with Gasteiger partial charge in [-0.3, -0.25) is 0 Å². The Morgan fingerprint density at radius 3 is 2.92 bits per heavy atom. The first-order valence-corrected chi connectivity index (χ1v) is 8.28. The van der Waals surface area contributed by atoms with Crippen LogP contribution >= 0.6 is 11.6 Å². The molecule has 4 rings (SSSR count). The van der Waals surface area contributed by atoms with Gasteiger partial charge in [0, 0.05) is 17.4 Å². The number of para-hydroxylation sites is 1. The maximum absolute atomic E-state index is 13.3. The molecule has 25 heavy (non-hydrogen) atoms. The summed E-state index contributed by atoms with van der Waals surface area (Å²) in [6, 6.07) is 12.9. The Bertz CT molecular complexity index is 933. The maximum Gasteiger partial charge on any atom is 0.249 e. The minimum absolute atomic E-state index is 0.0382. The molecule has 0 bridgehead atoms. The molecule has 126 valence electrons. The molecule has 2 aromatic carbocycles. The van der Waals surface area contributed by atoms with Gasteiger partial charge in [0.2, 0.25) is 5.95 Å². The highest BCUT2D eigenvalue weighted by Crippen LogP contribution is 2.37. The van der Waals surface area contributed by atoms with Crippen LogP contribution in [0.3, 0.4) is 0 Å². The molecule has 1 aliphatic heterocycles. The van der Waals surface area contributed by atoms with Crippen LogP contribution in [0.5, 0.6) is 0 Å². The number of hydrogen-bond acceptors (Lipinski definition) is 5. The van der Waals surface area contributed by atoms with E-state index in [1.807, 2.05) is 12.1 Å². The van der Waals surface area contributed by atoms with Gasteiger partial charge in [-0.05, 0) is 43.2 Å². The summed E-state index contributed by atoms with van der Waals surface area (Å²) in [4.78, 5) is 6.70. The number of nitrogens with zero attached hydrogens (tertiary/aromatic N) is 4. The van der Waals surface area contributed by atoms with E-state index < -0.39 is 5.82 Å². The summed E-state index contributed by atoms with van der Waals surface area (Å²) >= 11 is 5.81. The van der Waals surface area contributed by atoms with Crippen molar-refractivity contribution in [1.82, 2.24) is 15.2 Å². The van der Waals surface area contributed by atoms with E-state index in [2.05, 4.69) is 44.5 Å². The lowest BCUT2D eigenvalue weighted by molar-refractivity contribution is 0.628. The van der Waals surface area contributed by atoms with Crippen LogP contribution in [0.4, 0.5) is 27.5 Å². The summed E-state index contributed by atoms with van der Waals surface area (Å²) in [5.74, 6) is 0.572. The van der Waals surface area contributed by atoms with Crippen LogP contribution in [-0.2, 0) is 6.42 Å². The average Bonchev–Trinajstić information content (AvgIpc) is 2.94. The fourth-order valence-electron chi connectivity index (χ4n) is 3.08. The summed E-state index contributed by atoms with van der Waals surface area (Å²) in [6.45, 7) is 2.15. The van der Waals surface area contributed by atoms with Crippen LogP contribution < -0.4 is 10.2 Å². The van der Waals surface area contributed by atoms with Crippen LogP contribution in [0, 0.1) is 5.82 Å². The largest absolute Gasteiger partial charge is 0.323 e. The van der Waals surface area contributed by atoms with Crippen LogP contribution in [0.2, 0.25) is 5.02 Å². The second-order valence-corrected chi connectivity index (χ2v) is 6.35. The van der Waals surface area contributed by atoms with E-state index in [1.165, 1.54) is 17.7 Å². The van der Waals surface area contributed by atoms with Crippen molar-refractivity contribution in [2.24, 2.45) is 0 Å². The SMILES string of the molecule is CC1Cc2ccccc2N1c1cnnc(Nc2ccc(F)c(Cl)c2)n1. The number of aromatic nitrogens is 3. The second kappa shape index (κ2) is 6.29. The lowest BCUT2D eigenvalue weighted by Gasteiger charge is -2.23. The van der Waals surface area contributed by atoms with Gasteiger partial charge in [-0.25, -0.2) is 4.39 Å². The molecule has 0 radical (unpaired) electrons. The third kappa shape index (κ3) is 3.00. The first-order valence-electron chi connectivity index (χ1n) is 7.91. The summed E-state index contributed by atoms with van der Waals surface area (Å²) in [5.41, 5.74) is 3.01. The lowest BCUT2D eigenvalue weighted by atomic mass is 10.1. The van der Waals surface area contributed by atoms with Crippen molar-refractivity contribution in [3.63, 3.8) is 0 Å². The smallest absolute Gasteiger partial charge is 0.249 e. The normalized spacial score (nSPS) is 16.0. The first-order chi connectivity index (χ1) is 12.1. The van der Waals surface area contributed by atoms with Gasteiger partial charge < -0.3 is 10.2 Å². The maximum atomic E-state index is 13.3. The molecule has 5 nitrogen and oxygen atoms in total. The molecule has 0 fully saturated rings. The van der Waals surface area contributed by atoms with Gasteiger partial charge in [0.25, 0.3) is 0 Å². The Labute approximate surface area is 149 Å². The van der Waals surface area contributed by atoms with Gasteiger partial charge in [-0.15, -0.1) is 5.10 Å². The quantitative estimate of drug-likeness (QED) is 0.750. The van der Waals surface area contributed by atoms with Crippen molar-refractivity contribution in [3.8, 4) is 0 Å². The predicted octanol–water partition coefficient (Wildman–Crippen LogP) is 4.49. The van der Waals surface area contributed by atoms with Crippen LogP contribution in [-0.4, -0.2) is 21.2 Å². The number of nitrogens with one attached hydrogen (secondary N) is 1. The fourth-order valence-corrected chi connectivity index (χ4v) is 3.26. The Morgan fingerprint density at radius 2 is 2.08 bits per heavy atom. The highest BCUT2D eigenvalue weighted by atomic mass is 35.5. The van der Waals surface area contributed by atoms with Crippen molar-refractivity contribution in [3.05, 3.63) is 65.1 Å². The van der Waals surface area contributed by atoms with Gasteiger partial charge in [0.15, 0.2) is 5.82 Å². The fraction of sp³-hybridized carbons (Fsp3) is 0.167. The van der Waals surface area contributed by atoms with E-state index in [4.69, 9.17) is 11.6 Å². The van der Waals surface area contributed by atoms with Gasteiger partial charge in [0.05, 0.1) is 11.2 Å². The zero-order valence-corrected chi connectivity index (χ0v) is 14.2. The third-order valence-electron chi connectivity index (χ3n) is 4.18. The van der Waals surface area contributed by atoms with Gasteiger partial charge >= 0.3 is 0 Å². The standard InChI is InChI=1S/C18H15ClFN5/c1-11-8-12-4-2-3-5-16(12)25(11)17-10-21-24-18(23-17)22-13-6-7-15(20)14(19)9-13/h2-7,9-11H,8H2,1H3,(H,22,23,24). The summed E-state index contributed by atoms with van der Waals surface area (Å²) in [5, 5.41) is 11.1. The number of anilines is 4. The molecule has 1 unspecified atom stereocenters. The van der Waals surface area contributed by atoms with E-state index in [0.717, 1.165) is 12.1 Å². The van der Waals surface area contributed by atoms with Gasteiger partial charge in [0.1, 0.15) is 5.82 Å². The minimum atomic E-state index is -0.470. The Hall–Kier alpha value is -2.73. The molecule has 1 N–H and O–H groups in total. The zero-order valence-electron chi connectivity index (χ0n) is 13.4. The first kappa shape index (κ1) is 15.8. The number of benzene rings is 2. The van der Waals surface area contributed by atoms with Crippen molar-refractivity contribution < 1.29 is 4.39 Å². The number of halogens is 2. The molecule has 2 heterocycles. The molecule has 0 aliphatic carbocycles. The lowest BCUT2D eigenvalue weighted by Crippen LogP contribution is -2.25. The summed E-state index contributed by atoms with van der Waals surface area (Å²) < 4.78 is 13.3. The molecule has 7 heteroatoms. The van der Waals surface area contributed by atoms with E-state index in [0.29, 0.717) is 17.5 Å². The van der Waals surface area contributed by atoms with Crippen molar-refractivity contribution >= 4 is 34.7 Å². The van der Waals surface area contributed by atoms with Crippen LogP contribution in [0.15, 0.2) is 48.7 Å². The van der Waals surface area contributed by atoms with E-state index in [-0.39, 0.29) is 11.1 Å². The van der Waals surface area contributed by atoms with Crippen molar-refractivity contribution in [2.75, 3.05) is 10.2 Å². The predicted molar refractivity (Wildman–Crippen MR) is 96.3 cm³/mol. The minimum Gasteiger partial charge on any atom is -0.323 e. The Morgan fingerprint density at radius 1 is 1.24 bits per heavy atom. The number of hydrogen-bond donors (Lipinski definition) is 1. The van der Waals surface area contributed by atoms with E-state index >= 15 is 0 Å². The molecular formula is C18H15ClFN5. The molecule has 1 atom stereocenters. The molecular weight excluding hydrogens is 341 g/mol. The highest BCUT2D eigenvalue weighted by Gasteiger charge is 2.28. The average molecular weight is 356 g/mol. The molecule has 0 saturated heterocycles. The second-order valence-electron chi connectivity index (χ2n) is 5.94. The van der Waals surface area contributed by atoms with Crippen LogP contribution in [0.25, 0.3) is 0 Å². The monoisotopic (exact) mass is 355 g/mol. The van der Waals surface area contributed by atoms with Crippen molar-refractivity contribution in [2.45, 2.75) is 19.4 Å². The third-order valence-corrected chi connectivity index (χ3v) is 4.47. The van der Waals surface area contributed by atoms with Crippen LogP contribution in [0.1, 0.15) is 12.5 Å².